The van der Waals surface area contributed by atoms with Crippen LogP contribution >= 0.6 is 11.8 Å². The minimum atomic E-state index is -0.440. The average molecular weight is 366 g/mol. The number of amides is 1. The summed E-state index contributed by atoms with van der Waals surface area (Å²) in [4.78, 5) is 16.8. The summed E-state index contributed by atoms with van der Waals surface area (Å²) in [5, 5.41) is 11.4. The number of hydrogen-bond donors (Lipinski definition) is 2. The largest absolute Gasteiger partial charge is 0.352 e. The van der Waals surface area contributed by atoms with Crippen molar-refractivity contribution in [2.75, 3.05) is 5.84 Å². The van der Waals surface area contributed by atoms with Crippen LogP contribution in [0, 0.1) is 0 Å². The van der Waals surface area contributed by atoms with E-state index in [0.717, 1.165) is 24.0 Å². The number of hydrogen-bond acceptors (Lipinski definition) is 6. The van der Waals surface area contributed by atoms with Gasteiger partial charge in [0.05, 0.1) is 0 Å². The molecule has 0 aliphatic heterocycles. The highest BCUT2D eigenvalue weighted by Gasteiger charge is 2.30. The Kier molecular flexibility index (Phi) is 4.57. The van der Waals surface area contributed by atoms with Crippen molar-refractivity contribution in [1.82, 2.24) is 25.2 Å². The van der Waals surface area contributed by atoms with Gasteiger partial charge >= 0.3 is 0 Å². The van der Waals surface area contributed by atoms with E-state index in [-0.39, 0.29) is 11.9 Å². The zero-order valence-corrected chi connectivity index (χ0v) is 14.8. The summed E-state index contributed by atoms with van der Waals surface area (Å²) in [6.45, 7) is 0. The first-order valence-corrected chi connectivity index (χ1v) is 9.23. The van der Waals surface area contributed by atoms with E-state index in [1.165, 1.54) is 16.4 Å². The van der Waals surface area contributed by atoms with Crippen LogP contribution in [0.1, 0.15) is 23.7 Å². The highest BCUT2D eigenvalue weighted by molar-refractivity contribution is 8.00. The molecule has 1 atom stereocenters. The molecule has 1 aliphatic carbocycles. The van der Waals surface area contributed by atoms with Crippen LogP contribution in [0.15, 0.2) is 60.0 Å². The van der Waals surface area contributed by atoms with Crippen molar-refractivity contribution in [2.24, 2.45) is 0 Å². The van der Waals surface area contributed by atoms with Crippen molar-refractivity contribution < 1.29 is 4.79 Å². The standard InChI is InChI=1S/C18H18N6OS/c19-24-16(13-7-4-10-20-11-13)22-23-18(24)26-15(12-5-2-1-3-6-12)17(25)21-14-8-9-14/h1-7,10-11,14-15H,8-9,19H2,(H,21,25)/t15-/m0/s1. The first-order valence-electron chi connectivity index (χ1n) is 8.35. The van der Waals surface area contributed by atoms with Gasteiger partial charge in [-0.15, -0.1) is 10.2 Å². The van der Waals surface area contributed by atoms with E-state index < -0.39 is 5.25 Å². The van der Waals surface area contributed by atoms with Crippen molar-refractivity contribution in [2.45, 2.75) is 29.3 Å². The molecule has 132 valence electrons. The van der Waals surface area contributed by atoms with Crippen LogP contribution in [0.4, 0.5) is 0 Å². The maximum absolute atomic E-state index is 12.7. The molecule has 0 radical (unpaired) electrons. The lowest BCUT2D eigenvalue weighted by Gasteiger charge is -2.16. The maximum Gasteiger partial charge on any atom is 0.238 e. The summed E-state index contributed by atoms with van der Waals surface area (Å²) in [5.74, 6) is 6.66. The number of thioether (sulfide) groups is 1. The Balaban J connectivity index is 1.61. The van der Waals surface area contributed by atoms with Crippen LogP contribution in [0.3, 0.4) is 0 Å². The molecule has 7 nitrogen and oxygen atoms in total. The number of rotatable bonds is 6. The lowest BCUT2D eigenvalue weighted by molar-refractivity contribution is -0.120. The smallest absolute Gasteiger partial charge is 0.238 e. The van der Waals surface area contributed by atoms with Gasteiger partial charge in [-0.1, -0.05) is 42.1 Å². The van der Waals surface area contributed by atoms with E-state index in [1.807, 2.05) is 42.5 Å². The Labute approximate surface area is 155 Å². The molecule has 2 heterocycles. The van der Waals surface area contributed by atoms with E-state index in [1.54, 1.807) is 12.4 Å². The number of benzene rings is 1. The Morgan fingerprint density at radius 1 is 1.19 bits per heavy atom. The highest BCUT2D eigenvalue weighted by atomic mass is 32.2. The molecule has 1 aliphatic rings. The number of pyridine rings is 1. The SMILES string of the molecule is Nn1c(S[C@H](C(=O)NC2CC2)c2ccccc2)nnc1-c1cccnc1. The predicted octanol–water partition coefficient (Wildman–Crippen LogP) is 2.17. The molecule has 1 aromatic carbocycles. The van der Waals surface area contributed by atoms with E-state index >= 15 is 0 Å². The average Bonchev–Trinajstić information content (AvgIpc) is 3.42. The Morgan fingerprint density at radius 3 is 2.69 bits per heavy atom. The third-order valence-corrected chi connectivity index (χ3v) is 5.28. The number of nitrogen functional groups attached to an aromatic ring is 1. The summed E-state index contributed by atoms with van der Waals surface area (Å²) < 4.78 is 1.40. The van der Waals surface area contributed by atoms with Crippen molar-refractivity contribution in [3.63, 3.8) is 0 Å². The van der Waals surface area contributed by atoms with Gasteiger partial charge in [0.2, 0.25) is 11.1 Å². The number of aromatic nitrogens is 4. The third-order valence-electron chi connectivity index (χ3n) is 4.07. The van der Waals surface area contributed by atoms with Gasteiger partial charge in [0.15, 0.2) is 5.82 Å². The Morgan fingerprint density at radius 2 is 2.00 bits per heavy atom. The maximum atomic E-state index is 12.7. The first kappa shape index (κ1) is 16.6. The number of nitrogens with zero attached hydrogens (tertiary/aromatic N) is 4. The molecule has 0 bridgehead atoms. The lowest BCUT2D eigenvalue weighted by atomic mass is 10.1. The summed E-state index contributed by atoms with van der Waals surface area (Å²) in [7, 11) is 0. The fourth-order valence-electron chi connectivity index (χ4n) is 2.56. The zero-order valence-electron chi connectivity index (χ0n) is 13.9. The Hall–Kier alpha value is -2.87. The van der Waals surface area contributed by atoms with E-state index in [9.17, 15) is 4.79 Å². The first-order chi connectivity index (χ1) is 12.7. The molecule has 8 heteroatoms. The molecular weight excluding hydrogens is 348 g/mol. The second-order valence-corrected chi connectivity index (χ2v) is 7.18. The van der Waals surface area contributed by atoms with E-state index in [0.29, 0.717) is 11.0 Å². The molecule has 1 saturated carbocycles. The summed E-state index contributed by atoms with van der Waals surface area (Å²) >= 11 is 1.29. The molecule has 2 aromatic heterocycles. The molecule has 3 aromatic rings. The zero-order chi connectivity index (χ0) is 17.9. The molecule has 26 heavy (non-hydrogen) atoms. The van der Waals surface area contributed by atoms with Crippen LogP contribution < -0.4 is 11.2 Å². The molecule has 3 N–H and O–H groups in total. The van der Waals surface area contributed by atoms with Crippen molar-refractivity contribution >= 4 is 17.7 Å². The van der Waals surface area contributed by atoms with Crippen LogP contribution in [0.2, 0.25) is 0 Å². The van der Waals surface area contributed by atoms with Gasteiger partial charge in [-0.25, -0.2) is 4.68 Å². The molecule has 4 rings (SSSR count). The van der Waals surface area contributed by atoms with Crippen molar-refractivity contribution in [1.29, 1.82) is 0 Å². The lowest BCUT2D eigenvalue weighted by Crippen LogP contribution is -2.30. The second kappa shape index (κ2) is 7.17. The second-order valence-electron chi connectivity index (χ2n) is 6.11. The van der Waals surface area contributed by atoms with Crippen LogP contribution in [0.25, 0.3) is 11.4 Å². The van der Waals surface area contributed by atoms with E-state index in [2.05, 4.69) is 20.5 Å². The van der Waals surface area contributed by atoms with Crippen molar-refractivity contribution in [3.8, 4) is 11.4 Å². The number of nitrogens with one attached hydrogen (secondary N) is 1. The topological polar surface area (TPSA) is 98.7 Å². The number of carbonyl (C=O) groups is 1. The normalized spacial score (nSPS) is 14.8. The molecule has 0 unspecified atom stereocenters. The Bertz CT molecular complexity index is 895. The summed E-state index contributed by atoms with van der Waals surface area (Å²) in [5.41, 5.74) is 1.68. The van der Waals surface area contributed by atoms with Crippen LogP contribution in [0.5, 0.6) is 0 Å². The minimum absolute atomic E-state index is 0.0328. The fraction of sp³-hybridized carbons (Fsp3) is 0.222. The van der Waals surface area contributed by atoms with Gasteiger partial charge in [-0.05, 0) is 30.5 Å². The van der Waals surface area contributed by atoms with Crippen molar-refractivity contribution in [3.05, 3.63) is 60.4 Å². The van der Waals surface area contributed by atoms with Gasteiger partial charge in [0.1, 0.15) is 5.25 Å². The molecule has 0 spiro atoms. The number of nitrogens with two attached hydrogens (primary N) is 1. The third kappa shape index (κ3) is 3.55. The molecular formula is C18H18N6OS. The quantitative estimate of drug-likeness (QED) is 0.512. The predicted molar refractivity (Wildman–Crippen MR) is 99.6 cm³/mol. The van der Waals surface area contributed by atoms with Crippen LogP contribution in [-0.2, 0) is 4.79 Å². The van der Waals surface area contributed by atoms with Gasteiger partial charge < -0.3 is 11.2 Å². The molecule has 1 fully saturated rings. The minimum Gasteiger partial charge on any atom is -0.352 e. The van der Waals surface area contributed by atoms with Gasteiger partial charge in [-0.2, -0.15) is 0 Å². The molecule has 1 amide bonds. The molecule has 0 saturated heterocycles. The highest BCUT2D eigenvalue weighted by Crippen LogP contribution is 2.36. The van der Waals surface area contributed by atoms with E-state index in [4.69, 9.17) is 5.84 Å². The summed E-state index contributed by atoms with van der Waals surface area (Å²) in [6.07, 6.45) is 5.44. The fourth-order valence-corrected chi connectivity index (χ4v) is 3.53. The van der Waals surface area contributed by atoms with Crippen LogP contribution in [-0.4, -0.2) is 31.8 Å². The summed E-state index contributed by atoms with van der Waals surface area (Å²) in [6, 6.07) is 13.6. The van der Waals surface area contributed by atoms with Gasteiger partial charge in [0, 0.05) is 24.0 Å². The van der Waals surface area contributed by atoms with Gasteiger partial charge in [-0.3, -0.25) is 9.78 Å². The monoisotopic (exact) mass is 366 g/mol. The van der Waals surface area contributed by atoms with Gasteiger partial charge in [0.25, 0.3) is 0 Å². The number of carbonyl (C=O) groups excluding carboxylic acids is 1.